The summed E-state index contributed by atoms with van der Waals surface area (Å²) in [5, 5.41) is 6.09. The monoisotopic (exact) mass is 228 g/mol. The zero-order chi connectivity index (χ0) is 12.4. The Morgan fingerprint density at radius 1 is 1.38 bits per heavy atom. The average Bonchev–Trinajstić information content (AvgIpc) is 2.13. The molecule has 0 bridgehead atoms. The molecule has 16 heavy (non-hydrogen) atoms. The standard InChI is InChI=1S/C10H20N4O2/c1-10(2,3)16-9(15)12-7-5-4-6-8-13-14-11/h4-8H2,1-3H3,(H,12,15). The van der Waals surface area contributed by atoms with Gasteiger partial charge in [-0.1, -0.05) is 11.5 Å². The Morgan fingerprint density at radius 2 is 2.06 bits per heavy atom. The van der Waals surface area contributed by atoms with Gasteiger partial charge in [0.1, 0.15) is 5.60 Å². The smallest absolute Gasteiger partial charge is 0.407 e. The van der Waals surface area contributed by atoms with E-state index >= 15 is 0 Å². The van der Waals surface area contributed by atoms with Crippen LogP contribution in [0.2, 0.25) is 0 Å². The summed E-state index contributed by atoms with van der Waals surface area (Å²) < 4.78 is 5.07. The summed E-state index contributed by atoms with van der Waals surface area (Å²) in [6, 6.07) is 0. The number of hydrogen-bond acceptors (Lipinski definition) is 3. The lowest BCUT2D eigenvalue weighted by atomic mass is 10.2. The van der Waals surface area contributed by atoms with Crippen molar-refractivity contribution in [1.82, 2.24) is 5.32 Å². The second-order valence-corrected chi connectivity index (χ2v) is 4.44. The highest BCUT2D eigenvalue weighted by Crippen LogP contribution is 2.06. The molecule has 1 amide bonds. The van der Waals surface area contributed by atoms with Gasteiger partial charge in [0.05, 0.1) is 0 Å². The van der Waals surface area contributed by atoms with E-state index in [1.165, 1.54) is 0 Å². The van der Waals surface area contributed by atoms with Crippen LogP contribution in [0.4, 0.5) is 4.79 Å². The Balaban J connectivity index is 3.38. The van der Waals surface area contributed by atoms with Crippen LogP contribution in [0.3, 0.4) is 0 Å². The van der Waals surface area contributed by atoms with Gasteiger partial charge in [-0.2, -0.15) is 0 Å². The largest absolute Gasteiger partial charge is 0.444 e. The average molecular weight is 228 g/mol. The predicted octanol–water partition coefficient (Wildman–Crippen LogP) is 2.99. The summed E-state index contributed by atoms with van der Waals surface area (Å²) in [4.78, 5) is 13.9. The third-order valence-corrected chi connectivity index (χ3v) is 1.67. The molecule has 0 aromatic heterocycles. The molecule has 0 aliphatic rings. The van der Waals surface area contributed by atoms with E-state index in [2.05, 4.69) is 15.3 Å². The molecule has 0 unspecified atom stereocenters. The lowest BCUT2D eigenvalue weighted by Gasteiger charge is -2.19. The lowest BCUT2D eigenvalue weighted by Crippen LogP contribution is -2.32. The van der Waals surface area contributed by atoms with Crippen molar-refractivity contribution in [3.63, 3.8) is 0 Å². The molecule has 6 nitrogen and oxygen atoms in total. The minimum atomic E-state index is -0.453. The summed E-state index contributed by atoms with van der Waals surface area (Å²) in [6.45, 7) is 6.58. The van der Waals surface area contributed by atoms with Gasteiger partial charge < -0.3 is 10.1 Å². The van der Waals surface area contributed by atoms with Gasteiger partial charge in [0, 0.05) is 18.0 Å². The molecule has 0 fully saturated rings. The number of unbranched alkanes of at least 4 members (excludes halogenated alkanes) is 2. The van der Waals surface area contributed by atoms with Gasteiger partial charge in [0.25, 0.3) is 0 Å². The van der Waals surface area contributed by atoms with Gasteiger partial charge in [-0.3, -0.25) is 0 Å². The Kier molecular flexibility index (Phi) is 7.12. The van der Waals surface area contributed by atoms with Gasteiger partial charge in [-0.25, -0.2) is 4.79 Å². The van der Waals surface area contributed by atoms with Crippen LogP contribution >= 0.6 is 0 Å². The van der Waals surface area contributed by atoms with E-state index in [-0.39, 0.29) is 6.09 Å². The molecule has 0 aromatic rings. The lowest BCUT2D eigenvalue weighted by molar-refractivity contribution is 0.0527. The van der Waals surface area contributed by atoms with Crippen LogP contribution < -0.4 is 5.32 Å². The van der Waals surface area contributed by atoms with Gasteiger partial charge in [-0.15, -0.1) is 0 Å². The fraction of sp³-hybridized carbons (Fsp3) is 0.900. The first-order valence-electron chi connectivity index (χ1n) is 5.43. The quantitative estimate of drug-likeness (QED) is 0.328. The van der Waals surface area contributed by atoms with Crippen molar-refractivity contribution >= 4 is 6.09 Å². The molecular weight excluding hydrogens is 208 g/mol. The Labute approximate surface area is 96.0 Å². The zero-order valence-corrected chi connectivity index (χ0v) is 10.2. The molecule has 0 aliphatic carbocycles. The highest BCUT2D eigenvalue weighted by atomic mass is 16.6. The minimum Gasteiger partial charge on any atom is -0.444 e. The molecule has 0 rings (SSSR count). The first-order valence-corrected chi connectivity index (χ1v) is 5.43. The SMILES string of the molecule is CC(C)(C)OC(=O)NCCCCCN=[N+]=[N-]. The van der Waals surface area contributed by atoms with Gasteiger partial charge in [0.15, 0.2) is 0 Å². The number of ether oxygens (including phenoxy) is 1. The van der Waals surface area contributed by atoms with E-state index in [0.29, 0.717) is 13.1 Å². The molecule has 0 aromatic carbocycles. The first-order chi connectivity index (χ1) is 7.45. The third kappa shape index (κ3) is 10.7. The molecule has 0 heterocycles. The van der Waals surface area contributed by atoms with Crippen molar-refractivity contribution in [2.45, 2.75) is 45.6 Å². The summed E-state index contributed by atoms with van der Waals surface area (Å²) in [7, 11) is 0. The number of alkyl carbamates (subject to hydrolysis) is 1. The van der Waals surface area contributed by atoms with Crippen LogP contribution in [-0.4, -0.2) is 24.8 Å². The van der Waals surface area contributed by atoms with Crippen LogP contribution in [0.25, 0.3) is 10.4 Å². The Bertz CT molecular complexity index is 254. The normalized spacial score (nSPS) is 10.4. The predicted molar refractivity (Wildman–Crippen MR) is 62.1 cm³/mol. The number of nitrogens with one attached hydrogen (secondary N) is 1. The number of hydrogen-bond donors (Lipinski definition) is 1. The van der Waals surface area contributed by atoms with Gasteiger partial charge in [-0.05, 0) is 39.1 Å². The van der Waals surface area contributed by atoms with Crippen LogP contribution in [0.1, 0.15) is 40.0 Å². The maximum Gasteiger partial charge on any atom is 0.407 e. The van der Waals surface area contributed by atoms with Crippen LogP contribution in [0.15, 0.2) is 5.11 Å². The Hall–Kier alpha value is -1.42. The van der Waals surface area contributed by atoms with E-state index in [1.54, 1.807) is 0 Å². The molecule has 0 saturated heterocycles. The van der Waals surface area contributed by atoms with Crippen molar-refractivity contribution in [2.75, 3.05) is 13.1 Å². The summed E-state index contributed by atoms with van der Waals surface area (Å²) in [5.41, 5.74) is 7.58. The number of nitrogens with zero attached hydrogens (tertiary/aromatic N) is 3. The van der Waals surface area contributed by atoms with Crippen LogP contribution in [0.5, 0.6) is 0 Å². The maximum atomic E-state index is 11.2. The number of amides is 1. The second-order valence-electron chi connectivity index (χ2n) is 4.44. The summed E-state index contributed by atoms with van der Waals surface area (Å²) in [6.07, 6.45) is 2.25. The number of rotatable bonds is 6. The van der Waals surface area contributed by atoms with Gasteiger partial charge in [0.2, 0.25) is 0 Å². The molecular formula is C10H20N4O2. The zero-order valence-electron chi connectivity index (χ0n) is 10.2. The van der Waals surface area contributed by atoms with E-state index < -0.39 is 5.60 Å². The van der Waals surface area contributed by atoms with Crippen molar-refractivity contribution in [3.05, 3.63) is 10.4 Å². The van der Waals surface area contributed by atoms with E-state index in [9.17, 15) is 4.79 Å². The molecule has 0 radical (unpaired) electrons. The van der Waals surface area contributed by atoms with Crippen molar-refractivity contribution in [3.8, 4) is 0 Å². The number of azide groups is 1. The maximum absolute atomic E-state index is 11.2. The molecule has 0 atom stereocenters. The molecule has 0 aliphatic heterocycles. The fourth-order valence-electron chi connectivity index (χ4n) is 1.03. The highest BCUT2D eigenvalue weighted by Gasteiger charge is 2.15. The number of carbonyl (C=O) groups excluding carboxylic acids is 1. The molecule has 0 saturated carbocycles. The first kappa shape index (κ1) is 14.6. The van der Waals surface area contributed by atoms with Gasteiger partial charge >= 0.3 is 6.09 Å². The molecule has 1 N–H and O–H groups in total. The number of carbonyl (C=O) groups is 1. The van der Waals surface area contributed by atoms with Crippen molar-refractivity contribution in [2.24, 2.45) is 5.11 Å². The second kappa shape index (κ2) is 7.82. The molecule has 6 heteroatoms. The van der Waals surface area contributed by atoms with Crippen molar-refractivity contribution in [1.29, 1.82) is 0 Å². The fourth-order valence-corrected chi connectivity index (χ4v) is 1.03. The molecule has 92 valence electrons. The third-order valence-electron chi connectivity index (χ3n) is 1.67. The summed E-state index contributed by atoms with van der Waals surface area (Å²) in [5.74, 6) is 0. The van der Waals surface area contributed by atoms with E-state index in [1.807, 2.05) is 20.8 Å². The Morgan fingerprint density at radius 3 is 2.62 bits per heavy atom. The van der Waals surface area contributed by atoms with Crippen LogP contribution in [0, 0.1) is 0 Å². The topological polar surface area (TPSA) is 87.1 Å². The highest BCUT2D eigenvalue weighted by molar-refractivity contribution is 5.67. The molecule has 0 spiro atoms. The minimum absolute atomic E-state index is 0.387. The summed E-state index contributed by atoms with van der Waals surface area (Å²) >= 11 is 0. The van der Waals surface area contributed by atoms with E-state index in [0.717, 1.165) is 19.3 Å². The van der Waals surface area contributed by atoms with Crippen LogP contribution in [-0.2, 0) is 4.74 Å². The van der Waals surface area contributed by atoms with E-state index in [4.69, 9.17) is 10.3 Å². The van der Waals surface area contributed by atoms with Crippen molar-refractivity contribution < 1.29 is 9.53 Å².